The smallest absolute Gasteiger partial charge is 0.311 e. The summed E-state index contributed by atoms with van der Waals surface area (Å²) in [5.74, 6) is 1.48. The van der Waals surface area contributed by atoms with Crippen molar-refractivity contribution in [3.63, 3.8) is 0 Å². The molecule has 0 saturated carbocycles. The number of benzene rings is 1. The van der Waals surface area contributed by atoms with Gasteiger partial charge in [0, 0.05) is 17.2 Å². The minimum Gasteiger partial charge on any atom is -0.479 e. The van der Waals surface area contributed by atoms with Gasteiger partial charge in [-0.05, 0) is 25.1 Å². The molecule has 6 heteroatoms. The fourth-order valence-corrected chi connectivity index (χ4v) is 1.63. The summed E-state index contributed by atoms with van der Waals surface area (Å²) in [7, 11) is 0. The second-order valence-corrected chi connectivity index (χ2v) is 4.11. The highest BCUT2D eigenvalue weighted by Crippen LogP contribution is 2.30. The fraction of sp³-hybridized carbons (Fsp3) is 0.167. The molecule has 5 nitrogen and oxygen atoms in total. The number of nitrogens with zero attached hydrogens (tertiary/aromatic N) is 1. The van der Waals surface area contributed by atoms with Crippen molar-refractivity contribution in [3.05, 3.63) is 57.0 Å². The number of hydrogen-bond donors (Lipinski definition) is 0. The van der Waals surface area contributed by atoms with Crippen molar-refractivity contribution < 1.29 is 14.1 Å². The molecule has 0 fully saturated rings. The van der Waals surface area contributed by atoms with E-state index in [9.17, 15) is 10.1 Å². The zero-order chi connectivity index (χ0) is 13.1. The van der Waals surface area contributed by atoms with Gasteiger partial charge in [-0.2, -0.15) is 0 Å². The van der Waals surface area contributed by atoms with E-state index in [2.05, 4.69) is 0 Å². The Labute approximate surface area is 108 Å². The molecule has 0 aliphatic carbocycles. The molecule has 1 aromatic carbocycles. The molecule has 94 valence electrons. The number of rotatable bonds is 4. The molecule has 0 radical (unpaired) electrons. The second-order valence-electron chi connectivity index (χ2n) is 3.67. The van der Waals surface area contributed by atoms with Crippen LogP contribution in [0.15, 0.2) is 34.7 Å². The van der Waals surface area contributed by atoms with Crippen molar-refractivity contribution in [2.75, 3.05) is 0 Å². The molecule has 18 heavy (non-hydrogen) atoms. The molecule has 0 saturated heterocycles. The van der Waals surface area contributed by atoms with Crippen molar-refractivity contribution in [1.29, 1.82) is 0 Å². The SMILES string of the molecule is Cc1ccc(COc2cc(Cl)ccc2[N+](=O)[O-])o1. The largest absolute Gasteiger partial charge is 0.479 e. The molecule has 0 unspecified atom stereocenters. The number of furan rings is 1. The van der Waals surface area contributed by atoms with Crippen LogP contribution in [-0.2, 0) is 6.61 Å². The zero-order valence-electron chi connectivity index (χ0n) is 9.55. The van der Waals surface area contributed by atoms with Crippen molar-refractivity contribution in [2.24, 2.45) is 0 Å². The summed E-state index contributed by atoms with van der Waals surface area (Å²) in [6, 6.07) is 7.72. The average molecular weight is 268 g/mol. The first kappa shape index (κ1) is 12.4. The lowest BCUT2D eigenvalue weighted by molar-refractivity contribution is -0.386. The van der Waals surface area contributed by atoms with Crippen LogP contribution < -0.4 is 4.74 Å². The Bertz CT molecular complexity index is 579. The normalized spacial score (nSPS) is 10.3. The van der Waals surface area contributed by atoms with Crippen molar-refractivity contribution in [1.82, 2.24) is 0 Å². The summed E-state index contributed by atoms with van der Waals surface area (Å²) in [5.41, 5.74) is -0.123. The third kappa shape index (κ3) is 2.81. The van der Waals surface area contributed by atoms with E-state index < -0.39 is 4.92 Å². The number of nitro benzene ring substituents is 1. The van der Waals surface area contributed by atoms with Gasteiger partial charge in [-0.1, -0.05) is 11.6 Å². The zero-order valence-corrected chi connectivity index (χ0v) is 10.3. The lowest BCUT2D eigenvalue weighted by Gasteiger charge is -2.05. The van der Waals surface area contributed by atoms with Crippen LogP contribution in [-0.4, -0.2) is 4.92 Å². The van der Waals surface area contributed by atoms with Gasteiger partial charge >= 0.3 is 5.69 Å². The van der Waals surface area contributed by atoms with Gasteiger partial charge < -0.3 is 9.15 Å². The monoisotopic (exact) mass is 267 g/mol. The average Bonchev–Trinajstić information content (AvgIpc) is 2.72. The van der Waals surface area contributed by atoms with Gasteiger partial charge in [-0.3, -0.25) is 10.1 Å². The summed E-state index contributed by atoms with van der Waals surface area (Å²) in [5, 5.41) is 11.2. The van der Waals surface area contributed by atoms with E-state index in [-0.39, 0.29) is 18.0 Å². The van der Waals surface area contributed by atoms with Crippen LogP contribution in [0.25, 0.3) is 0 Å². The first-order chi connectivity index (χ1) is 8.56. The Morgan fingerprint density at radius 2 is 2.17 bits per heavy atom. The predicted octanol–water partition coefficient (Wildman–Crippen LogP) is 3.73. The minimum absolute atomic E-state index is 0.120. The van der Waals surface area contributed by atoms with Crippen LogP contribution in [0, 0.1) is 17.0 Å². The second kappa shape index (κ2) is 5.10. The van der Waals surface area contributed by atoms with Gasteiger partial charge in [-0.15, -0.1) is 0 Å². The number of ether oxygens (including phenoxy) is 1. The number of aryl methyl sites for hydroxylation is 1. The standard InChI is InChI=1S/C12H10ClNO4/c1-8-2-4-10(18-8)7-17-12-6-9(13)3-5-11(12)14(15)16/h2-6H,7H2,1H3. The molecule has 1 heterocycles. The highest BCUT2D eigenvalue weighted by Gasteiger charge is 2.15. The predicted molar refractivity (Wildman–Crippen MR) is 65.9 cm³/mol. The maximum Gasteiger partial charge on any atom is 0.311 e. The molecule has 0 atom stereocenters. The van der Waals surface area contributed by atoms with Crippen molar-refractivity contribution in [2.45, 2.75) is 13.5 Å². The Hall–Kier alpha value is -2.01. The Balaban J connectivity index is 2.17. The molecule has 0 aliphatic heterocycles. The van der Waals surface area contributed by atoms with E-state index in [1.165, 1.54) is 18.2 Å². The van der Waals surface area contributed by atoms with Crippen LogP contribution in [0.3, 0.4) is 0 Å². The molecule has 0 N–H and O–H groups in total. The minimum atomic E-state index is -0.515. The highest BCUT2D eigenvalue weighted by atomic mass is 35.5. The van der Waals surface area contributed by atoms with E-state index in [4.69, 9.17) is 20.8 Å². The molecule has 2 rings (SSSR count). The Morgan fingerprint density at radius 1 is 1.39 bits per heavy atom. The molecular formula is C12H10ClNO4. The molecule has 1 aromatic heterocycles. The first-order valence-electron chi connectivity index (χ1n) is 5.18. The summed E-state index contributed by atoms with van der Waals surface area (Å²) < 4.78 is 10.7. The maximum atomic E-state index is 10.8. The molecule has 0 bridgehead atoms. The van der Waals surface area contributed by atoms with E-state index in [1.807, 2.05) is 6.92 Å². The van der Waals surface area contributed by atoms with Gasteiger partial charge in [0.05, 0.1) is 4.92 Å². The molecule has 2 aromatic rings. The summed E-state index contributed by atoms with van der Waals surface area (Å²) >= 11 is 5.78. The molecule has 0 spiro atoms. The quantitative estimate of drug-likeness (QED) is 0.625. The van der Waals surface area contributed by atoms with E-state index in [0.717, 1.165) is 5.76 Å². The highest BCUT2D eigenvalue weighted by molar-refractivity contribution is 6.30. The lowest BCUT2D eigenvalue weighted by atomic mass is 10.3. The Kier molecular flexibility index (Phi) is 3.53. The summed E-state index contributed by atoms with van der Waals surface area (Å²) in [6.07, 6.45) is 0. The van der Waals surface area contributed by atoms with Crippen LogP contribution >= 0.6 is 11.6 Å². The van der Waals surface area contributed by atoms with Crippen LogP contribution in [0.1, 0.15) is 11.5 Å². The molecular weight excluding hydrogens is 258 g/mol. The van der Waals surface area contributed by atoms with E-state index in [0.29, 0.717) is 10.8 Å². The molecule has 0 aliphatic rings. The third-order valence-electron chi connectivity index (χ3n) is 2.28. The summed E-state index contributed by atoms with van der Waals surface area (Å²) in [6.45, 7) is 1.93. The van der Waals surface area contributed by atoms with Gasteiger partial charge in [0.15, 0.2) is 5.75 Å². The van der Waals surface area contributed by atoms with Crippen molar-refractivity contribution >= 4 is 17.3 Å². The van der Waals surface area contributed by atoms with Crippen LogP contribution in [0.4, 0.5) is 5.69 Å². The van der Waals surface area contributed by atoms with E-state index >= 15 is 0 Å². The fourth-order valence-electron chi connectivity index (χ4n) is 1.47. The van der Waals surface area contributed by atoms with Gasteiger partial charge in [0.2, 0.25) is 0 Å². The van der Waals surface area contributed by atoms with Gasteiger partial charge in [0.1, 0.15) is 18.1 Å². The number of hydrogen-bond acceptors (Lipinski definition) is 4. The number of nitro groups is 1. The first-order valence-corrected chi connectivity index (χ1v) is 5.56. The lowest BCUT2D eigenvalue weighted by Crippen LogP contribution is -1.98. The van der Waals surface area contributed by atoms with Gasteiger partial charge in [-0.25, -0.2) is 0 Å². The Morgan fingerprint density at radius 3 is 2.78 bits per heavy atom. The number of halogens is 1. The maximum absolute atomic E-state index is 10.8. The van der Waals surface area contributed by atoms with Crippen molar-refractivity contribution in [3.8, 4) is 5.75 Å². The van der Waals surface area contributed by atoms with Crippen LogP contribution in [0.2, 0.25) is 5.02 Å². The third-order valence-corrected chi connectivity index (χ3v) is 2.52. The van der Waals surface area contributed by atoms with Gasteiger partial charge in [0.25, 0.3) is 0 Å². The molecule has 0 amide bonds. The van der Waals surface area contributed by atoms with Crippen LogP contribution in [0.5, 0.6) is 5.75 Å². The summed E-state index contributed by atoms with van der Waals surface area (Å²) in [4.78, 5) is 10.3. The van der Waals surface area contributed by atoms with E-state index in [1.54, 1.807) is 12.1 Å². The topological polar surface area (TPSA) is 65.5 Å².